The number of thiazole rings is 1. The monoisotopic (exact) mass is 693 g/mol. The number of ether oxygens (including phenoxy) is 3. The molecule has 14 heteroatoms. The molecule has 0 amide bonds. The van der Waals surface area contributed by atoms with Crippen molar-refractivity contribution in [2.45, 2.75) is 36.9 Å². The van der Waals surface area contributed by atoms with Crippen molar-refractivity contribution in [2.75, 3.05) is 13.4 Å². The highest BCUT2D eigenvalue weighted by atomic mass is 32.2. The molecule has 246 valence electrons. The van der Waals surface area contributed by atoms with Crippen molar-refractivity contribution in [1.82, 2.24) is 14.5 Å². The van der Waals surface area contributed by atoms with E-state index in [2.05, 4.69) is 9.97 Å². The van der Waals surface area contributed by atoms with Gasteiger partial charge in [0.25, 0.3) is 11.2 Å². The summed E-state index contributed by atoms with van der Waals surface area (Å²) < 4.78 is 18.4. The summed E-state index contributed by atoms with van der Waals surface area (Å²) in [6.07, 6.45) is 1.59. The second-order valence-corrected chi connectivity index (χ2v) is 13.1. The number of aromatic nitrogens is 3. The molecule has 1 atom stereocenters. The molecule has 0 spiro atoms. The molecule has 2 aliphatic heterocycles. The van der Waals surface area contributed by atoms with Crippen LogP contribution in [0.15, 0.2) is 98.2 Å². The van der Waals surface area contributed by atoms with Crippen molar-refractivity contribution in [3.05, 3.63) is 136 Å². The van der Waals surface area contributed by atoms with Crippen molar-refractivity contribution in [1.29, 1.82) is 0 Å². The van der Waals surface area contributed by atoms with Crippen molar-refractivity contribution >= 4 is 46.5 Å². The van der Waals surface area contributed by atoms with Gasteiger partial charge in [0.05, 0.1) is 38.3 Å². The van der Waals surface area contributed by atoms with E-state index in [1.165, 1.54) is 10.6 Å². The lowest BCUT2D eigenvalue weighted by molar-refractivity contribution is -0.387. The average Bonchev–Trinajstić information content (AvgIpc) is 3.68. The number of esters is 1. The Kier molecular flexibility index (Phi) is 8.57. The van der Waals surface area contributed by atoms with E-state index in [1.807, 2.05) is 50.2 Å². The molecule has 2 aromatic heterocycles. The van der Waals surface area contributed by atoms with Crippen molar-refractivity contribution in [3.63, 3.8) is 0 Å². The van der Waals surface area contributed by atoms with Gasteiger partial charge in [-0.1, -0.05) is 53.8 Å². The summed E-state index contributed by atoms with van der Waals surface area (Å²) in [7, 11) is 0. The second-order valence-electron chi connectivity index (χ2n) is 11.1. The highest BCUT2D eigenvalue weighted by Crippen LogP contribution is 2.40. The van der Waals surface area contributed by atoms with Crippen molar-refractivity contribution < 1.29 is 23.9 Å². The third-order valence-corrected chi connectivity index (χ3v) is 9.64. The van der Waals surface area contributed by atoms with Crippen LogP contribution in [-0.2, 0) is 9.53 Å². The molecule has 2 aliphatic rings. The molecule has 0 saturated carbocycles. The number of carbonyl (C=O) groups is 1. The van der Waals surface area contributed by atoms with Gasteiger partial charge in [0.2, 0.25) is 6.79 Å². The Labute approximate surface area is 287 Å². The number of nitrogens with zero attached hydrogens (tertiary/aromatic N) is 5. The lowest BCUT2D eigenvalue weighted by Crippen LogP contribution is -2.40. The molecule has 0 unspecified atom stereocenters. The Morgan fingerprint density at radius 2 is 1.82 bits per heavy atom. The van der Waals surface area contributed by atoms with E-state index in [0.717, 1.165) is 34.5 Å². The van der Waals surface area contributed by atoms with Gasteiger partial charge in [-0.3, -0.25) is 19.5 Å². The standard InChI is InChI=1S/C35H27N5O7S2/c1-4-45-33(42)29-30(22-8-6-5-7-9-22)38-35-39(31(29)23-11-12-25-26(17-23)47-18-46-25)32(41)28(49-35)16-21-10-13-27(24(15-21)40(43)44)48-34-36-19(2)14-20(3)37-34/h5-17,31H,4,18H2,1-3H3/b28-16+/t31-/m0/s1. The third kappa shape index (κ3) is 6.23. The van der Waals surface area contributed by atoms with Crippen LogP contribution in [0.5, 0.6) is 11.5 Å². The number of rotatable bonds is 8. The van der Waals surface area contributed by atoms with Crippen LogP contribution in [0.25, 0.3) is 11.8 Å². The number of aryl methyl sites for hydroxylation is 2. The first-order chi connectivity index (χ1) is 23.7. The van der Waals surface area contributed by atoms with Crippen LogP contribution in [0.1, 0.15) is 41.0 Å². The van der Waals surface area contributed by atoms with Crippen LogP contribution in [0.4, 0.5) is 5.69 Å². The lowest BCUT2D eigenvalue weighted by Gasteiger charge is -2.26. The van der Waals surface area contributed by atoms with Gasteiger partial charge in [-0.05, 0) is 74.0 Å². The molecule has 0 radical (unpaired) electrons. The highest BCUT2D eigenvalue weighted by molar-refractivity contribution is 7.99. The first-order valence-corrected chi connectivity index (χ1v) is 16.8. The summed E-state index contributed by atoms with van der Waals surface area (Å²) in [4.78, 5) is 54.1. The minimum absolute atomic E-state index is 0.0540. The smallest absolute Gasteiger partial charge is 0.338 e. The molecule has 49 heavy (non-hydrogen) atoms. The van der Waals surface area contributed by atoms with Crippen molar-refractivity contribution in [2.24, 2.45) is 4.99 Å². The average molecular weight is 694 g/mol. The molecule has 0 aliphatic carbocycles. The number of nitro groups is 1. The van der Waals surface area contributed by atoms with E-state index in [0.29, 0.717) is 48.7 Å². The van der Waals surface area contributed by atoms with E-state index in [9.17, 15) is 19.7 Å². The summed E-state index contributed by atoms with van der Waals surface area (Å²) in [5.41, 5.74) is 3.20. The van der Waals surface area contributed by atoms with Gasteiger partial charge < -0.3 is 14.2 Å². The number of carbonyl (C=O) groups excluding carboxylic acids is 1. The zero-order valence-corrected chi connectivity index (χ0v) is 28.0. The maximum atomic E-state index is 14.3. The van der Waals surface area contributed by atoms with Gasteiger partial charge in [0.1, 0.15) is 0 Å². The normalized spacial score (nSPS) is 15.2. The number of benzene rings is 3. The zero-order valence-electron chi connectivity index (χ0n) is 26.4. The second kappa shape index (κ2) is 13.1. The predicted molar refractivity (Wildman–Crippen MR) is 182 cm³/mol. The first-order valence-electron chi connectivity index (χ1n) is 15.2. The molecule has 7 rings (SSSR count). The predicted octanol–water partition coefficient (Wildman–Crippen LogP) is 5.13. The first kappa shape index (κ1) is 32.0. The topological polar surface area (TPSA) is 148 Å². The molecule has 0 bridgehead atoms. The Balaban J connectivity index is 1.40. The van der Waals surface area contributed by atoms with Crippen LogP contribution in [0.3, 0.4) is 0 Å². The minimum Gasteiger partial charge on any atom is -0.463 e. The van der Waals surface area contributed by atoms with Crippen LogP contribution < -0.4 is 24.4 Å². The van der Waals surface area contributed by atoms with E-state index in [1.54, 1.807) is 43.3 Å². The van der Waals surface area contributed by atoms with Gasteiger partial charge in [-0.25, -0.2) is 19.8 Å². The maximum Gasteiger partial charge on any atom is 0.338 e. The maximum absolute atomic E-state index is 14.3. The number of hydrogen-bond donors (Lipinski definition) is 0. The van der Waals surface area contributed by atoms with Gasteiger partial charge in [0, 0.05) is 23.0 Å². The molecule has 0 N–H and O–H groups in total. The fraction of sp³-hybridized carbons (Fsp3) is 0.171. The summed E-state index contributed by atoms with van der Waals surface area (Å²) in [6, 6.07) is 20.1. The van der Waals surface area contributed by atoms with E-state index in [-0.39, 0.29) is 29.2 Å². The number of nitro benzene ring substituents is 1. The number of hydrogen-bond acceptors (Lipinski definition) is 12. The number of fused-ring (bicyclic) bond motifs is 2. The SMILES string of the molecule is CCOC(=O)C1=C(c2ccccc2)N=c2s/c(=C/c3ccc(Sc4nc(C)cc(C)n4)c([N+](=O)[O-])c3)c(=O)n2[C@H]1c1ccc2c(c1)OCO2. The van der Waals surface area contributed by atoms with E-state index < -0.39 is 22.5 Å². The molecule has 5 aromatic rings. The van der Waals surface area contributed by atoms with Gasteiger partial charge in [-0.2, -0.15) is 0 Å². The van der Waals surface area contributed by atoms with Gasteiger partial charge >= 0.3 is 5.97 Å². The van der Waals surface area contributed by atoms with Crippen LogP contribution >= 0.6 is 23.1 Å². The Hall–Kier alpha value is -5.60. The molecule has 0 saturated heterocycles. The lowest BCUT2D eigenvalue weighted by atomic mass is 9.93. The Bertz CT molecular complexity index is 2350. The van der Waals surface area contributed by atoms with Gasteiger partial charge in [-0.15, -0.1) is 0 Å². The van der Waals surface area contributed by atoms with Crippen LogP contribution in [-0.4, -0.2) is 38.8 Å². The quantitative estimate of drug-likeness (QED) is 0.0927. The summed E-state index contributed by atoms with van der Waals surface area (Å²) >= 11 is 2.22. The molecule has 4 heterocycles. The van der Waals surface area contributed by atoms with E-state index >= 15 is 0 Å². The third-order valence-electron chi connectivity index (χ3n) is 7.73. The van der Waals surface area contributed by atoms with Gasteiger partial charge in [0.15, 0.2) is 21.5 Å². The largest absolute Gasteiger partial charge is 0.463 e. The van der Waals surface area contributed by atoms with Crippen molar-refractivity contribution in [3.8, 4) is 11.5 Å². The Morgan fingerprint density at radius 3 is 2.55 bits per heavy atom. The highest BCUT2D eigenvalue weighted by Gasteiger charge is 2.36. The summed E-state index contributed by atoms with van der Waals surface area (Å²) in [5.74, 6) is 0.421. The summed E-state index contributed by atoms with van der Waals surface area (Å²) in [6.45, 7) is 5.55. The fourth-order valence-corrected chi connectivity index (χ4v) is 7.63. The Morgan fingerprint density at radius 1 is 1.06 bits per heavy atom. The van der Waals surface area contributed by atoms with E-state index in [4.69, 9.17) is 19.2 Å². The van der Waals surface area contributed by atoms with Crippen LogP contribution in [0, 0.1) is 24.0 Å². The van der Waals surface area contributed by atoms with Crippen LogP contribution in [0.2, 0.25) is 0 Å². The zero-order chi connectivity index (χ0) is 34.2. The molecule has 12 nitrogen and oxygen atoms in total. The molecule has 0 fully saturated rings. The molecular weight excluding hydrogens is 667 g/mol. The minimum atomic E-state index is -0.923. The molecule has 3 aromatic carbocycles. The fourth-order valence-electron chi connectivity index (χ4n) is 5.68. The summed E-state index contributed by atoms with van der Waals surface area (Å²) in [5, 5.41) is 12.6. The molecular formula is C35H27N5O7S2.